The van der Waals surface area contributed by atoms with E-state index in [0.29, 0.717) is 5.69 Å². The van der Waals surface area contributed by atoms with Gasteiger partial charge in [-0.2, -0.15) is 13.2 Å². The molecule has 1 N–H and O–H groups in total. The van der Waals surface area contributed by atoms with Crippen molar-refractivity contribution in [2.75, 3.05) is 23.3 Å². The zero-order valence-electron chi connectivity index (χ0n) is 14.7. The Bertz CT molecular complexity index is 815. The summed E-state index contributed by atoms with van der Waals surface area (Å²) in [6.07, 6.45) is -0.351. The first-order valence-corrected chi connectivity index (χ1v) is 9.26. The van der Waals surface area contributed by atoms with Crippen LogP contribution in [0.1, 0.15) is 41.6 Å². The number of amides is 1. The molecule has 27 heavy (non-hydrogen) atoms. The number of nitrogens with zero attached hydrogens (tertiary/aromatic N) is 1. The van der Waals surface area contributed by atoms with Gasteiger partial charge in [0.05, 0.1) is 27.5 Å². The Balaban J connectivity index is 1.96. The standard InChI is InChI=1S/C20H20ClF3N2O/c21-16-8-4-3-7-15(16)19(27)25-17-13-14(20(22,23)24)9-10-18(17)26-11-5-1-2-6-12-26/h3-4,7-10,13H,1-2,5-6,11-12H2,(H,25,27). The normalized spacial score (nSPS) is 15.3. The number of alkyl halides is 3. The van der Waals surface area contributed by atoms with Gasteiger partial charge < -0.3 is 10.2 Å². The van der Waals surface area contributed by atoms with Gasteiger partial charge in [0.15, 0.2) is 0 Å². The van der Waals surface area contributed by atoms with Gasteiger partial charge in [-0.1, -0.05) is 36.6 Å². The minimum atomic E-state index is -4.48. The molecular formula is C20H20ClF3N2O. The van der Waals surface area contributed by atoms with Gasteiger partial charge in [0, 0.05) is 13.1 Å². The SMILES string of the molecule is O=C(Nc1cc(C(F)(F)F)ccc1N1CCCCCC1)c1ccccc1Cl. The van der Waals surface area contributed by atoms with Crippen molar-refractivity contribution in [3.63, 3.8) is 0 Å². The summed E-state index contributed by atoms with van der Waals surface area (Å²) in [5.74, 6) is -0.531. The molecule has 144 valence electrons. The average molecular weight is 397 g/mol. The molecule has 3 nitrogen and oxygen atoms in total. The summed E-state index contributed by atoms with van der Waals surface area (Å²) in [5.41, 5.74) is 0.177. The second kappa shape index (κ2) is 8.21. The van der Waals surface area contributed by atoms with E-state index in [4.69, 9.17) is 11.6 Å². The van der Waals surface area contributed by atoms with Crippen molar-refractivity contribution >= 4 is 28.9 Å². The monoisotopic (exact) mass is 396 g/mol. The molecule has 2 aromatic carbocycles. The maximum Gasteiger partial charge on any atom is 0.416 e. The van der Waals surface area contributed by atoms with E-state index in [1.165, 1.54) is 12.1 Å². The summed E-state index contributed by atoms with van der Waals surface area (Å²) in [5, 5.41) is 2.88. The topological polar surface area (TPSA) is 32.3 Å². The molecule has 1 saturated heterocycles. The predicted octanol–water partition coefficient (Wildman–Crippen LogP) is 5.99. The number of rotatable bonds is 3. The first-order chi connectivity index (χ1) is 12.9. The van der Waals surface area contributed by atoms with Crippen LogP contribution in [-0.2, 0) is 6.18 Å². The van der Waals surface area contributed by atoms with Gasteiger partial charge in [0.25, 0.3) is 5.91 Å². The van der Waals surface area contributed by atoms with Crippen LogP contribution in [0.5, 0.6) is 0 Å². The number of carbonyl (C=O) groups is 1. The van der Waals surface area contributed by atoms with Crippen LogP contribution < -0.4 is 10.2 Å². The number of halogens is 4. The van der Waals surface area contributed by atoms with Crippen LogP contribution in [0, 0.1) is 0 Å². The first-order valence-electron chi connectivity index (χ1n) is 8.88. The molecule has 0 unspecified atom stereocenters. The van der Waals surface area contributed by atoms with Crippen molar-refractivity contribution in [3.05, 3.63) is 58.6 Å². The molecule has 0 spiro atoms. The molecule has 1 heterocycles. The summed E-state index contributed by atoms with van der Waals surface area (Å²) in [7, 11) is 0. The predicted molar refractivity (Wildman–Crippen MR) is 102 cm³/mol. The maximum absolute atomic E-state index is 13.2. The van der Waals surface area contributed by atoms with Crippen LogP contribution >= 0.6 is 11.6 Å². The van der Waals surface area contributed by atoms with Gasteiger partial charge >= 0.3 is 6.18 Å². The Labute approximate surface area is 161 Å². The molecule has 0 aromatic heterocycles. The van der Waals surface area contributed by atoms with E-state index in [0.717, 1.165) is 50.9 Å². The third kappa shape index (κ3) is 4.75. The molecular weight excluding hydrogens is 377 g/mol. The smallest absolute Gasteiger partial charge is 0.370 e. The van der Waals surface area contributed by atoms with E-state index in [1.54, 1.807) is 18.2 Å². The highest BCUT2D eigenvalue weighted by Gasteiger charge is 2.32. The van der Waals surface area contributed by atoms with Crippen LogP contribution in [0.15, 0.2) is 42.5 Å². The Kier molecular flexibility index (Phi) is 5.95. The van der Waals surface area contributed by atoms with Gasteiger partial charge in [-0.25, -0.2) is 0 Å². The Hall–Kier alpha value is -2.21. The largest absolute Gasteiger partial charge is 0.416 e. The molecule has 3 rings (SSSR count). The number of anilines is 2. The lowest BCUT2D eigenvalue weighted by molar-refractivity contribution is -0.137. The van der Waals surface area contributed by atoms with Crippen molar-refractivity contribution in [1.82, 2.24) is 0 Å². The van der Waals surface area contributed by atoms with Crippen LogP contribution in [0.3, 0.4) is 0 Å². The van der Waals surface area contributed by atoms with Crippen LogP contribution in [0.4, 0.5) is 24.5 Å². The summed E-state index contributed by atoms with van der Waals surface area (Å²) in [6, 6.07) is 9.95. The lowest BCUT2D eigenvalue weighted by Crippen LogP contribution is -2.26. The minimum Gasteiger partial charge on any atom is -0.370 e. The quantitative estimate of drug-likeness (QED) is 0.691. The second-order valence-electron chi connectivity index (χ2n) is 6.56. The third-order valence-electron chi connectivity index (χ3n) is 4.64. The summed E-state index contributed by atoms with van der Waals surface area (Å²) in [4.78, 5) is 14.6. The van der Waals surface area contributed by atoms with Gasteiger partial charge in [-0.3, -0.25) is 4.79 Å². The molecule has 1 fully saturated rings. The number of nitrogens with one attached hydrogen (secondary N) is 1. The van der Waals surface area contributed by atoms with Crippen LogP contribution in [-0.4, -0.2) is 19.0 Å². The zero-order chi connectivity index (χ0) is 19.4. The Morgan fingerprint density at radius 1 is 1.00 bits per heavy atom. The molecule has 0 radical (unpaired) electrons. The average Bonchev–Trinajstić information content (AvgIpc) is 2.90. The molecule has 1 aliphatic heterocycles. The molecule has 2 aromatic rings. The molecule has 0 aliphatic carbocycles. The van der Waals surface area contributed by atoms with E-state index in [2.05, 4.69) is 5.32 Å². The van der Waals surface area contributed by atoms with Crippen molar-refractivity contribution in [2.45, 2.75) is 31.9 Å². The molecule has 7 heteroatoms. The van der Waals surface area contributed by atoms with Gasteiger partial charge in [0.2, 0.25) is 0 Å². The maximum atomic E-state index is 13.2. The van der Waals surface area contributed by atoms with E-state index in [1.807, 2.05) is 4.90 Å². The highest BCUT2D eigenvalue weighted by atomic mass is 35.5. The van der Waals surface area contributed by atoms with Gasteiger partial charge in [-0.05, 0) is 43.2 Å². The Morgan fingerprint density at radius 3 is 2.30 bits per heavy atom. The summed E-state index contributed by atoms with van der Waals surface area (Å²) < 4.78 is 39.6. The van der Waals surface area contributed by atoms with Crippen molar-refractivity contribution in [1.29, 1.82) is 0 Å². The number of hydrogen-bond donors (Lipinski definition) is 1. The fourth-order valence-corrected chi connectivity index (χ4v) is 3.46. The summed E-state index contributed by atoms with van der Waals surface area (Å²) >= 11 is 6.05. The molecule has 1 aliphatic rings. The van der Waals surface area contributed by atoms with Crippen molar-refractivity contribution in [3.8, 4) is 0 Å². The fourth-order valence-electron chi connectivity index (χ4n) is 3.23. The highest BCUT2D eigenvalue weighted by Crippen LogP contribution is 2.36. The molecule has 0 bridgehead atoms. The van der Waals surface area contributed by atoms with E-state index >= 15 is 0 Å². The first kappa shape index (κ1) is 19.5. The minimum absolute atomic E-state index is 0.150. The Morgan fingerprint density at radius 2 is 1.67 bits per heavy atom. The highest BCUT2D eigenvalue weighted by molar-refractivity contribution is 6.34. The second-order valence-corrected chi connectivity index (χ2v) is 6.97. The van der Waals surface area contributed by atoms with E-state index in [9.17, 15) is 18.0 Å². The fraction of sp³-hybridized carbons (Fsp3) is 0.350. The van der Waals surface area contributed by atoms with Crippen LogP contribution in [0.2, 0.25) is 5.02 Å². The van der Waals surface area contributed by atoms with Gasteiger partial charge in [-0.15, -0.1) is 0 Å². The number of benzene rings is 2. The lowest BCUT2D eigenvalue weighted by Gasteiger charge is -2.26. The number of hydrogen-bond acceptors (Lipinski definition) is 2. The molecule has 0 saturated carbocycles. The van der Waals surface area contributed by atoms with Crippen molar-refractivity contribution in [2.24, 2.45) is 0 Å². The summed E-state index contributed by atoms with van der Waals surface area (Å²) in [6.45, 7) is 1.50. The lowest BCUT2D eigenvalue weighted by atomic mass is 10.1. The van der Waals surface area contributed by atoms with Crippen LogP contribution in [0.25, 0.3) is 0 Å². The number of carbonyl (C=O) groups excluding carboxylic acids is 1. The van der Waals surface area contributed by atoms with Crippen molar-refractivity contribution < 1.29 is 18.0 Å². The van der Waals surface area contributed by atoms with E-state index in [-0.39, 0.29) is 16.3 Å². The van der Waals surface area contributed by atoms with Gasteiger partial charge in [0.1, 0.15) is 0 Å². The zero-order valence-corrected chi connectivity index (χ0v) is 15.4. The third-order valence-corrected chi connectivity index (χ3v) is 4.97. The van der Waals surface area contributed by atoms with E-state index < -0.39 is 17.6 Å². The molecule has 0 atom stereocenters. The molecule has 1 amide bonds.